The summed E-state index contributed by atoms with van der Waals surface area (Å²) in [5.41, 5.74) is 7.92. The molecule has 0 amide bonds. The minimum absolute atomic E-state index is 0.0374. The van der Waals surface area contributed by atoms with E-state index in [0.717, 1.165) is 36.9 Å². The zero-order chi connectivity index (χ0) is 14.6. The van der Waals surface area contributed by atoms with Crippen molar-refractivity contribution in [2.75, 3.05) is 13.2 Å². The highest BCUT2D eigenvalue weighted by atomic mass is 19.4. The highest BCUT2D eigenvalue weighted by Crippen LogP contribution is 2.25. The molecule has 7 heteroatoms. The molecule has 4 nitrogen and oxygen atoms in total. The van der Waals surface area contributed by atoms with E-state index in [0.29, 0.717) is 5.82 Å². The fourth-order valence-corrected chi connectivity index (χ4v) is 2.26. The summed E-state index contributed by atoms with van der Waals surface area (Å²) in [4.78, 5) is 8.57. The highest BCUT2D eigenvalue weighted by Gasteiger charge is 2.27. The van der Waals surface area contributed by atoms with Gasteiger partial charge in [-0.2, -0.15) is 13.2 Å². The van der Waals surface area contributed by atoms with Gasteiger partial charge in [-0.25, -0.2) is 9.97 Å². The molecule has 2 N–H and O–H groups in total. The molecule has 0 aromatic carbocycles. The fourth-order valence-electron chi connectivity index (χ4n) is 2.26. The molecule has 1 aliphatic rings. The van der Waals surface area contributed by atoms with Gasteiger partial charge in [0.2, 0.25) is 0 Å². The lowest BCUT2D eigenvalue weighted by Gasteiger charge is -2.12. The predicted molar refractivity (Wildman–Crippen MR) is 67.1 cm³/mol. The number of aryl methyl sites for hydroxylation is 1. The molecular weight excluding hydrogens is 271 g/mol. The van der Waals surface area contributed by atoms with Crippen molar-refractivity contribution < 1.29 is 17.9 Å². The minimum atomic E-state index is -4.29. The van der Waals surface area contributed by atoms with Crippen molar-refractivity contribution in [1.29, 1.82) is 0 Å². The largest absolute Gasteiger partial charge is 0.411 e. The van der Waals surface area contributed by atoms with Gasteiger partial charge in [-0.1, -0.05) is 6.42 Å². The van der Waals surface area contributed by atoms with Gasteiger partial charge < -0.3 is 10.5 Å². The van der Waals surface area contributed by atoms with Crippen LogP contribution in [0, 0.1) is 0 Å². The molecule has 0 saturated heterocycles. The van der Waals surface area contributed by atoms with E-state index in [4.69, 9.17) is 5.73 Å². The van der Waals surface area contributed by atoms with Crippen LogP contribution >= 0.6 is 0 Å². The first kappa shape index (κ1) is 15.2. The molecule has 1 aliphatic carbocycles. The quantitative estimate of drug-likeness (QED) is 0.682. The van der Waals surface area contributed by atoms with Gasteiger partial charge >= 0.3 is 6.18 Å². The maximum absolute atomic E-state index is 11.9. The van der Waals surface area contributed by atoms with Crippen LogP contribution in [0.25, 0.3) is 0 Å². The van der Waals surface area contributed by atoms with E-state index in [2.05, 4.69) is 14.7 Å². The standard InChI is InChI=1S/C13H18F3N3O/c14-13(15,16)8-20-6-5-12-18-7-9-10(17)3-1-2-4-11(9)19-12/h7,10H,1-6,8,17H2. The van der Waals surface area contributed by atoms with Crippen LogP contribution in [-0.2, 0) is 17.6 Å². The normalized spacial score (nSPS) is 19.5. The molecule has 1 aromatic heterocycles. The number of hydrogen-bond acceptors (Lipinski definition) is 4. The van der Waals surface area contributed by atoms with Crippen LogP contribution in [-0.4, -0.2) is 29.4 Å². The molecule has 0 aliphatic heterocycles. The fraction of sp³-hybridized carbons (Fsp3) is 0.692. The number of fused-ring (bicyclic) bond motifs is 1. The van der Waals surface area contributed by atoms with Gasteiger partial charge in [-0.3, -0.25) is 0 Å². The molecule has 1 aromatic rings. The van der Waals surface area contributed by atoms with E-state index in [9.17, 15) is 13.2 Å². The zero-order valence-corrected chi connectivity index (χ0v) is 11.1. The Balaban J connectivity index is 1.92. The van der Waals surface area contributed by atoms with Crippen molar-refractivity contribution in [2.24, 2.45) is 5.73 Å². The van der Waals surface area contributed by atoms with Crippen LogP contribution in [0.5, 0.6) is 0 Å². The average molecular weight is 289 g/mol. The van der Waals surface area contributed by atoms with Gasteiger partial charge in [0, 0.05) is 29.9 Å². The summed E-state index contributed by atoms with van der Waals surface area (Å²) in [6.07, 6.45) is 1.55. The Kier molecular flexibility index (Phi) is 4.93. The number of rotatable bonds is 4. The van der Waals surface area contributed by atoms with Crippen molar-refractivity contribution in [1.82, 2.24) is 9.97 Å². The van der Waals surface area contributed by atoms with Crippen molar-refractivity contribution in [3.05, 3.63) is 23.3 Å². The molecule has 0 bridgehead atoms. The Bertz CT molecular complexity index is 451. The topological polar surface area (TPSA) is 61.0 Å². The summed E-state index contributed by atoms with van der Waals surface area (Å²) in [7, 11) is 0. The lowest BCUT2D eigenvalue weighted by atomic mass is 10.1. The van der Waals surface area contributed by atoms with Crippen LogP contribution in [0.4, 0.5) is 13.2 Å². The first-order valence-electron chi connectivity index (χ1n) is 6.70. The first-order valence-corrected chi connectivity index (χ1v) is 6.70. The van der Waals surface area contributed by atoms with Crippen LogP contribution in [0.1, 0.15) is 42.4 Å². The maximum atomic E-state index is 11.9. The number of alkyl halides is 3. The van der Waals surface area contributed by atoms with E-state index in [-0.39, 0.29) is 19.1 Å². The lowest BCUT2D eigenvalue weighted by Crippen LogP contribution is -2.18. The van der Waals surface area contributed by atoms with Crippen molar-refractivity contribution in [3.8, 4) is 0 Å². The van der Waals surface area contributed by atoms with E-state index < -0.39 is 12.8 Å². The molecule has 0 radical (unpaired) electrons. The van der Waals surface area contributed by atoms with Crippen LogP contribution in [0.2, 0.25) is 0 Å². The van der Waals surface area contributed by atoms with Crippen LogP contribution < -0.4 is 5.73 Å². The lowest BCUT2D eigenvalue weighted by molar-refractivity contribution is -0.173. The van der Waals surface area contributed by atoms with E-state index in [1.54, 1.807) is 6.20 Å². The molecule has 2 rings (SSSR count). The molecule has 112 valence electrons. The summed E-state index contributed by atoms with van der Waals surface area (Å²) in [6, 6.07) is -0.0389. The first-order chi connectivity index (χ1) is 9.46. The third-order valence-electron chi connectivity index (χ3n) is 3.26. The van der Waals surface area contributed by atoms with Gasteiger partial charge in [0.25, 0.3) is 0 Å². The van der Waals surface area contributed by atoms with Crippen LogP contribution in [0.3, 0.4) is 0 Å². The average Bonchev–Trinajstić information content (AvgIpc) is 2.56. The highest BCUT2D eigenvalue weighted by molar-refractivity contribution is 5.22. The Hall–Kier alpha value is -1.21. The summed E-state index contributed by atoms with van der Waals surface area (Å²) >= 11 is 0. The molecule has 0 saturated carbocycles. The van der Waals surface area contributed by atoms with Gasteiger partial charge in [-0.15, -0.1) is 0 Å². The smallest absolute Gasteiger partial charge is 0.372 e. The van der Waals surface area contributed by atoms with Crippen molar-refractivity contribution in [2.45, 2.75) is 44.3 Å². The van der Waals surface area contributed by atoms with Gasteiger partial charge in [0.15, 0.2) is 0 Å². The predicted octanol–water partition coefficient (Wildman–Crippen LogP) is 2.32. The number of hydrogen-bond donors (Lipinski definition) is 1. The molecule has 1 heterocycles. The van der Waals surface area contributed by atoms with Crippen LogP contribution in [0.15, 0.2) is 6.20 Å². The SMILES string of the molecule is NC1CCCCc2nc(CCOCC(F)(F)F)ncc21. The number of nitrogens with zero attached hydrogens (tertiary/aromatic N) is 2. The molecule has 1 atom stereocenters. The second-order valence-corrected chi connectivity index (χ2v) is 4.96. The number of aromatic nitrogens is 2. The molecular formula is C13H18F3N3O. The third kappa shape index (κ3) is 4.42. The third-order valence-corrected chi connectivity index (χ3v) is 3.26. The Morgan fingerprint density at radius 1 is 1.35 bits per heavy atom. The molecule has 1 unspecified atom stereocenters. The summed E-state index contributed by atoms with van der Waals surface area (Å²) in [5.74, 6) is 0.514. The van der Waals surface area contributed by atoms with Crippen molar-refractivity contribution >= 4 is 0 Å². The van der Waals surface area contributed by atoms with E-state index in [1.807, 2.05) is 0 Å². The molecule has 20 heavy (non-hydrogen) atoms. The van der Waals surface area contributed by atoms with Gasteiger partial charge in [0.05, 0.1) is 6.61 Å². The Labute approximate surface area is 115 Å². The molecule has 0 spiro atoms. The zero-order valence-electron chi connectivity index (χ0n) is 11.1. The van der Waals surface area contributed by atoms with Gasteiger partial charge in [0.1, 0.15) is 12.4 Å². The maximum Gasteiger partial charge on any atom is 0.411 e. The minimum Gasteiger partial charge on any atom is -0.372 e. The Morgan fingerprint density at radius 2 is 2.15 bits per heavy atom. The monoisotopic (exact) mass is 289 g/mol. The summed E-state index contributed by atoms with van der Waals surface area (Å²) in [6.45, 7) is -1.27. The number of ether oxygens (including phenoxy) is 1. The second-order valence-electron chi connectivity index (χ2n) is 4.96. The number of halogens is 3. The number of nitrogens with two attached hydrogens (primary N) is 1. The molecule has 0 fully saturated rings. The Morgan fingerprint density at radius 3 is 2.90 bits per heavy atom. The van der Waals surface area contributed by atoms with E-state index >= 15 is 0 Å². The van der Waals surface area contributed by atoms with Gasteiger partial charge in [-0.05, 0) is 19.3 Å². The van der Waals surface area contributed by atoms with E-state index in [1.165, 1.54) is 0 Å². The van der Waals surface area contributed by atoms with Crippen molar-refractivity contribution in [3.63, 3.8) is 0 Å². The summed E-state index contributed by atoms with van der Waals surface area (Å²) in [5, 5.41) is 0. The summed E-state index contributed by atoms with van der Waals surface area (Å²) < 4.78 is 40.3. The second kappa shape index (κ2) is 6.49.